The zero-order valence-corrected chi connectivity index (χ0v) is 25.0. The highest BCUT2D eigenvalue weighted by molar-refractivity contribution is 5.87. The van der Waals surface area contributed by atoms with Crippen molar-refractivity contribution in [3.63, 3.8) is 0 Å². The second kappa shape index (κ2) is 26.1. The predicted molar refractivity (Wildman–Crippen MR) is 158 cm³/mol. The molecule has 15 heteroatoms. The number of hydrogen-bond donors (Lipinski definition) is 8. The lowest BCUT2D eigenvalue weighted by atomic mass is 10.1. The maximum atomic E-state index is 12.1. The number of carboxylic acids is 2. The highest BCUT2D eigenvalue weighted by Crippen LogP contribution is 2.10. The SMILES string of the molecule is N[C@@H](CNCCNC(=O)CCCCCCCCCCC=O)C(=O)NCC(=O)NCC[C@@H](NC(=O)CCCC(=O)O)C(=O)O. The molecule has 43 heavy (non-hydrogen) atoms. The van der Waals surface area contributed by atoms with Crippen LogP contribution in [-0.4, -0.2) is 96.9 Å². The highest BCUT2D eigenvalue weighted by atomic mass is 16.4. The number of nitrogens with one attached hydrogen (secondary N) is 5. The second-order valence-corrected chi connectivity index (χ2v) is 10.3. The Bertz CT molecular complexity index is 872. The molecule has 0 heterocycles. The van der Waals surface area contributed by atoms with Crippen LogP contribution in [0.4, 0.5) is 0 Å². The van der Waals surface area contributed by atoms with Gasteiger partial charge in [0.05, 0.1) is 12.6 Å². The predicted octanol–water partition coefficient (Wildman–Crippen LogP) is -0.434. The molecular formula is C28H50N6O9. The molecule has 0 aromatic heterocycles. The Labute approximate surface area is 252 Å². The molecule has 0 radical (unpaired) electrons. The summed E-state index contributed by atoms with van der Waals surface area (Å²) in [6.45, 7) is 0.480. The molecule has 0 spiro atoms. The Morgan fingerprint density at radius 1 is 0.674 bits per heavy atom. The number of nitrogens with two attached hydrogens (primary N) is 1. The molecule has 15 nitrogen and oxygen atoms in total. The van der Waals surface area contributed by atoms with Crippen LogP contribution in [0.1, 0.15) is 89.9 Å². The number of aliphatic carboxylic acids is 2. The van der Waals surface area contributed by atoms with Crippen LogP contribution in [0.5, 0.6) is 0 Å². The van der Waals surface area contributed by atoms with E-state index in [1.54, 1.807) is 0 Å². The Kier molecular flexibility index (Phi) is 23.9. The maximum absolute atomic E-state index is 12.1. The summed E-state index contributed by atoms with van der Waals surface area (Å²) in [4.78, 5) is 79.9. The summed E-state index contributed by atoms with van der Waals surface area (Å²) >= 11 is 0. The number of unbranched alkanes of at least 4 members (excludes halogenated alkanes) is 8. The van der Waals surface area contributed by atoms with Crippen LogP contribution in [0.15, 0.2) is 0 Å². The standard InChI is InChI=1S/C28H50N6O9/c29-21(19-30-16-17-32-23(36)11-8-6-4-2-1-3-5-7-9-18-35)27(41)33-20-25(38)31-15-14-22(28(42)43)34-24(37)12-10-13-26(39)40/h18,21-22,30H,1-17,19-20,29H2,(H,31,38)(H,32,36)(H,33,41)(H,34,37)(H,39,40)(H,42,43)/t21-,22+/m0/s1. The van der Waals surface area contributed by atoms with Crippen LogP contribution < -0.4 is 32.3 Å². The van der Waals surface area contributed by atoms with Gasteiger partial charge >= 0.3 is 11.9 Å². The van der Waals surface area contributed by atoms with Crippen molar-refractivity contribution in [3.8, 4) is 0 Å². The van der Waals surface area contributed by atoms with Crippen LogP contribution in [0.3, 0.4) is 0 Å². The van der Waals surface area contributed by atoms with Crippen LogP contribution in [0.25, 0.3) is 0 Å². The Balaban J connectivity index is 3.88. The molecule has 0 unspecified atom stereocenters. The quantitative estimate of drug-likeness (QED) is 0.0415. The molecule has 0 aromatic carbocycles. The van der Waals surface area contributed by atoms with Crippen molar-refractivity contribution in [1.82, 2.24) is 26.6 Å². The molecule has 246 valence electrons. The summed E-state index contributed by atoms with van der Waals surface area (Å²) in [7, 11) is 0. The first kappa shape index (κ1) is 39.4. The molecule has 0 aromatic rings. The molecule has 0 saturated carbocycles. The van der Waals surface area contributed by atoms with Gasteiger partial charge in [-0.2, -0.15) is 0 Å². The van der Waals surface area contributed by atoms with Crippen molar-refractivity contribution < 1.29 is 43.8 Å². The van der Waals surface area contributed by atoms with Gasteiger partial charge in [-0.15, -0.1) is 0 Å². The third-order valence-corrected chi connectivity index (χ3v) is 6.41. The lowest BCUT2D eigenvalue weighted by Gasteiger charge is -2.16. The Hall–Kier alpha value is -3.59. The van der Waals surface area contributed by atoms with Crippen LogP contribution in [0, 0.1) is 0 Å². The van der Waals surface area contributed by atoms with E-state index in [0.29, 0.717) is 25.9 Å². The first-order valence-corrected chi connectivity index (χ1v) is 15.0. The lowest BCUT2D eigenvalue weighted by Crippen LogP contribution is -2.50. The van der Waals surface area contributed by atoms with E-state index in [1.807, 2.05) is 0 Å². The van der Waals surface area contributed by atoms with E-state index in [0.717, 1.165) is 57.7 Å². The molecule has 2 atom stereocenters. The topological polar surface area (TPSA) is 246 Å². The third kappa shape index (κ3) is 24.7. The Morgan fingerprint density at radius 2 is 1.28 bits per heavy atom. The van der Waals surface area contributed by atoms with Gasteiger partial charge in [-0.05, 0) is 25.7 Å². The zero-order valence-electron chi connectivity index (χ0n) is 25.0. The van der Waals surface area contributed by atoms with Crippen molar-refractivity contribution >= 4 is 41.9 Å². The van der Waals surface area contributed by atoms with Gasteiger partial charge in [0.1, 0.15) is 12.3 Å². The van der Waals surface area contributed by atoms with Gasteiger partial charge in [0, 0.05) is 51.9 Å². The van der Waals surface area contributed by atoms with Crippen molar-refractivity contribution in [2.75, 3.05) is 32.7 Å². The fourth-order valence-corrected chi connectivity index (χ4v) is 3.94. The fourth-order valence-electron chi connectivity index (χ4n) is 3.94. The largest absolute Gasteiger partial charge is 0.481 e. The summed E-state index contributed by atoms with van der Waals surface area (Å²) in [5.41, 5.74) is 5.82. The van der Waals surface area contributed by atoms with Crippen LogP contribution in [-0.2, 0) is 33.6 Å². The number of aldehydes is 1. The van der Waals surface area contributed by atoms with Gasteiger partial charge in [0.15, 0.2) is 0 Å². The minimum Gasteiger partial charge on any atom is -0.481 e. The highest BCUT2D eigenvalue weighted by Gasteiger charge is 2.20. The summed E-state index contributed by atoms with van der Waals surface area (Å²) in [5, 5.41) is 30.7. The molecule has 0 aliphatic rings. The van der Waals surface area contributed by atoms with Gasteiger partial charge in [-0.3, -0.25) is 24.0 Å². The van der Waals surface area contributed by atoms with Gasteiger partial charge in [0.2, 0.25) is 23.6 Å². The number of hydrogen-bond acceptors (Lipinski definition) is 9. The van der Waals surface area contributed by atoms with E-state index in [-0.39, 0.29) is 51.2 Å². The smallest absolute Gasteiger partial charge is 0.326 e. The zero-order chi connectivity index (χ0) is 32.3. The van der Waals surface area contributed by atoms with Crippen LogP contribution >= 0.6 is 0 Å². The number of carbonyl (C=O) groups excluding carboxylic acids is 5. The summed E-state index contributed by atoms with van der Waals surface area (Å²) in [6, 6.07) is -2.19. The maximum Gasteiger partial charge on any atom is 0.326 e. The molecule has 0 bridgehead atoms. The fraction of sp³-hybridized carbons (Fsp3) is 0.750. The molecule has 4 amide bonds. The van der Waals surface area contributed by atoms with E-state index in [1.165, 1.54) is 0 Å². The molecule has 0 aliphatic carbocycles. The van der Waals surface area contributed by atoms with E-state index in [9.17, 15) is 38.7 Å². The molecule has 0 saturated heterocycles. The minimum atomic E-state index is -1.30. The lowest BCUT2D eigenvalue weighted by molar-refractivity contribution is -0.142. The number of amides is 4. The summed E-state index contributed by atoms with van der Waals surface area (Å²) in [5.74, 6) is -4.12. The molecule has 0 rings (SSSR count). The van der Waals surface area contributed by atoms with Gasteiger partial charge in [-0.1, -0.05) is 38.5 Å². The van der Waals surface area contributed by atoms with Crippen molar-refractivity contribution in [2.45, 2.75) is 102 Å². The minimum absolute atomic E-state index is 0.0310. The average Bonchev–Trinajstić information content (AvgIpc) is 2.95. The monoisotopic (exact) mass is 614 g/mol. The first-order valence-electron chi connectivity index (χ1n) is 15.0. The van der Waals surface area contributed by atoms with Gasteiger partial charge in [-0.25, -0.2) is 4.79 Å². The second-order valence-electron chi connectivity index (χ2n) is 10.3. The van der Waals surface area contributed by atoms with E-state index >= 15 is 0 Å². The number of carboxylic acid groups (broad SMARTS) is 2. The number of rotatable bonds is 28. The molecular weight excluding hydrogens is 564 g/mol. The normalized spacial score (nSPS) is 12.0. The molecule has 9 N–H and O–H groups in total. The number of carbonyl (C=O) groups is 7. The molecule has 0 fully saturated rings. The average molecular weight is 615 g/mol. The third-order valence-electron chi connectivity index (χ3n) is 6.41. The van der Waals surface area contributed by atoms with Crippen molar-refractivity contribution in [3.05, 3.63) is 0 Å². The van der Waals surface area contributed by atoms with Gasteiger partial charge < -0.3 is 47.3 Å². The van der Waals surface area contributed by atoms with Crippen LogP contribution in [0.2, 0.25) is 0 Å². The summed E-state index contributed by atoms with van der Waals surface area (Å²) in [6.07, 6.45) is 10.1. The van der Waals surface area contributed by atoms with E-state index < -0.39 is 41.7 Å². The first-order chi connectivity index (χ1) is 20.6. The van der Waals surface area contributed by atoms with Crippen molar-refractivity contribution in [2.24, 2.45) is 5.73 Å². The Morgan fingerprint density at radius 3 is 1.91 bits per heavy atom. The van der Waals surface area contributed by atoms with E-state index in [4.69, 9.17) is 10.8 Å². The molecule has 0 aliphatic heterocycles. The van der Waals surface area contributed by atoms with Gasteiger partial charge in [0.25, 0.3) is 0 Å². The van der Waals surface area contributed by atoms with E-state index in [2.05, 4.69) is 26.6 Å². The summed E-state index contributed by atoms with van der Waals surface area (Å²) < 4.78 is 0. The van der Waals surface area contributed by atoms with Crippen molar-refractivity contribution in [1.29, 1.82) is 0 Å².